The van der Waals surface area contributed by atoms with Crippen LogP contribution in [-0.2, 0) is 12.6 Å². The molecule has 2 rings (SSSR count). The molecule has 2 aromatic rings. The number of rotatable bonds is 2. The van der Waals surface area contributed by atoms with E-state index in [9.17, 15) is 13.2 Å². The van der Waals surface area contributed by atoms with E-state index >= 15 is 0 Å². The van der Waals surface area contributed by atoms with Crippen molar-refractivity contribution in [2.24, 2.45) is 0 Å². The van der Waals surface area contributed by atoms with Gasteiger partial charge in [-0.3, -0.25) is 0 Å². The van der Waals surface area contributed by atoms with Crippen LogP contribution in [0.3, 0.4) is 0 Å². The summed E-state index contributed by atoms with van der Waals surface area (Å²) in [6.07, 6.45) is -1.32. The molecule has 0 spiro atoms. The van der Waals surface area contributed by atoms with Crippen LogP contribution in [0.5, 0.6) is 0 Å². The number of hydrogen-bond acceptors (Lipinski definition) is 4. The zero-order chi connectivity index (χ0) is 12.5. The Morgan fingerprint density at radius 2 is 2.06 bits per heavy atom. The highest BCUT2D eigenvalue weighted by atomic mass is 32.1. The molecule has 0 aliphatic heterocycles. The van der Waals surface area contributed by atoms with Gasteiger partial charge >= 0.3 is 6.18 Å². The van der Waals surface area contributed by atoms with Gasteiger partial charge in [0.25, 0.3) is 0 Å². The Labute approximate surface area is 99.1 Å². The lowest BCUT2D eigenvalue weighted by atomic mass is 10.2. The number of nitrogens with two attached hydrogens (primary N) is 1. The largest absolute Gasteiger partial charge is 0.443 e. The highest BCUT2D eigenvalue weighted by Crippen LogP contribution is 2.33. The number of pyridine rings is 1. The first-order chi connectivity index (χ1) is 7.97. The first-order valence-corrected chi connectivity index (χ1v) is 5.50. The van der Waals surface area contributed by atoms with Crippen molar-refractivity contribution in [3.8, 4) is 0 Å². The monoisotopic (exact) mass is 259 g/mol. The normalized spacial score (nSPS) is 11.7. The predicted octanol–water partition coefficient (Wildman–Crippen LogP) is 2.73. The smallest absolute Gasteiger partial charge is 0.383 e. The zero-order valence-corrected chi connectivity index (χ0v) is 9.35. The minimum Gasteiger partial charge on any atom is -0.383 e. The fourth-order valence-electron chi connectivity index (χ4n) is 1.31. The molecular formula is C10H8F3N3S. The maximum Gasteiger partial charge on any atom is 0.443 e. The van der Waals surface area contributed by atoms with E-state index in [0.717, 1.165) is 0 Å². The van der Waals surface area contributed by atoms with Gasteiger partial charge in [0.1, 0.15) is 5.82 Å². The van der Waals surface area contributed by atoms with Crippen LogP contribution in [0.15, 0.2) is 24.5 Å². The molecule has 0 fully saturated rings. The lowest BCUT2D eigenvalue weighted by molar-refractivity contribution is -0.137. The Morgan fingerprint density at radius 3 is 2.65 bits per heavy atom. The van der Waals surface area contributed by atoms with Crippen molar-refractivity contribution in [2.75, 3.05) is 5.73 Å². The van der Waals surface area contributed by atoms with Crippen molar-refractivity contribution >= 4 is 17.2 Å². The Hall–Kier alpha value is -1.63. The third kappa shape index (κ3) is 2.73. The molecule has 0 atom stereocenters. The van der Waals surface area contributed by atoms with Gasteiger partial charge in [0.15, 0.2) is 5.01 Å². The molecule has 2 aromatic heterocycles. The SMILES string of the molecule is Nc1ncccc1Cc1cnc(C(F)(F)F)s1. The van der Waals surface area contributed by atoms with E-state index in [0.29, 0.717) is 34.0 Å². The van der Waals surface area contributed by atoms with E-state index in [1.807, 2.05) is 0 Å². The molecule has 0 aliphatic carbocycles. The summed E-state index contributed by atoms with van der Waals surface area (Å²) in [4.78, 5) is 7.73. The molecule has 2 N–H and O–H groups in total. The molecule has 0 aromatic carbocycles. The van der Waals surface area contributed by atoms with Crippen LogP contribution < -0.4 is 5.73 Å². The Bertz CT molecular complexity index is 522. The number of hydrogen-bond donors (Lipinski definition) is 1. The average molecular weight is 259 g/mol. The second-order valence-corrected chi connectivity index (χ2v) is 4.47. The maximum atomic E-state index is 12.3. The summed E-state index contributed by atoms with van der Waals surface area (Å²) in [6, 6.07) is 3.42. The van der Waals surface area contributed by atoms with Gasteiger partial charge < -0.3 is 5.73 Å². The second-order valence-electron chi connectivity index (χ2n) is 3.35. The summed E-state index contributed by atoms with van der Waals surface area (Å²) in [6.45, 7) is 0. The van der Waals surface area contributed by atoms with Crippen LogP contribution in [0.25, 0.3) is 0 Å². The van der Waals surface area contributed by atoms with Crippen molar-refractivity contribution < 1.29 is 13.2 Å². The number of halogens is 3. The van der Waals surface area contributed by atoms with Crippen molar-refractivity contribution in [2.45, 2.75) is 12.6 Å². The molecule has 0 amide bonds. The van der Waals surface area contributed by atoms with E-state index in [-0.39, 0.29) is 0 Å². The fraction of sp³-hybridized carbons (Fsp3) is 0.200. The van der Waals surface area contributed by atoms with E-state index in [4.69, 9.17) is 5.73 Å². The third-order valence-electron chi connectivity index (χ3n) is 2.09. The van der Waals surface area contributed by atoms with Gasteiger partial charge in [0.05, 0.1) is 0 Å². The lowest BCUT2D eigenvalue weighted by Crippen LogP contribution is -2.02. The van der Waals surface area contributed by atoms with Crippen molar-refractivity contribution in [3.05, 3.63) is 40.0 Å². The molecule has 0 radical (unpaired) electrons. The van der Waals surface area contributed by atoms with Crippen LogP contribution in [0.4, 0.5) is 19.0 Å². The molecule has 0 aliphatic rings. The van der Waals surface area contributed by atoms with Gasteiger partial charge in [-0.15, -0.1) is 11.3 Å². The van der Waals surface area contributed by atoms with Crippen LogP contribution in [-0.4, -0.2) is 9.97 Å². The minimum absolute atomic E-state index is 0.313. The van der Waals surface area contributed by atoms with Crippen molar-refractivity contribution in [1.29, 1.82) is 0 Å². The lowest BCUT2D eigenvalue weighted by Gasteiger charge is -2.01. The van der Waals surface area contributed by atoms with Crippen molar-refractivity contribution in [3.63, 3.8) is 0 Å². The predicted molar refractivity (Wildman–Crippen MR) is 58.6 cm³/mol. The van der Waals surface area contributed by atoms with Gasteiger partial charge in [-0.25, -0.2) is 9.97 Å². The quantitative estimate of drug-likeness (QED) is 0.902. The highest BCUT2D eigenvalue weighted by molar-refractivity contribution is 7.11. The van der Waals surface area contributed by atoms with Crippen LogP contribution >= 0.6 is 11.3 Å². The van der Waals surface area contributed by atoms with Gasteiger partial charge in [0.2, 0.25) is 0 Å². The topological polar surface area (TPSA) is 51.8 Å². The van der Waals surface area contributed by atoms with Gasteiger partial charge in [-0.2, -0.15) is 13.2 Å². The van der Waals surface area contributed by atoms with E-state index in [2.05, 4.69) is 9.97 Å². The molecule has 2 heterocycles. The average Bonchev–Trinajstić information content (AvgIpc) is 2.69. The van der Waals surface area contributed by atoms with Gasteiger partial charge in [-0.05, 0) is 11.6 Å². The van der Waals surface area contributed by atoms with Crippen molar-refractivity contribution in [1.82, 2.24) is 9.97 Å². The number of alkyl halides is 3. The standard InChI is InChI=1S/C10H8F3N3S/c11-10(12,13)9-16-5-7(17-9)4-6-2-1-3-15-8(6)14/h1-3,5H,4H2,(H2,14,15). The fourth-order valence-corrected chi connectivity index (χ4v) is 2.11. The zero-order valence-electron chi connectivity index (χ0n) is 8.53. The molecule has 0 unspecified atom stereocenters. The summed E-state index contributed by atoms with van der Waals surface area (Å²) in [7, 11) is 0. The van der Waals surface area contributed by atoms with E-state index in [1.54, 1.807) is 12.1 Å². The molecule has 7 heteroatoms. The molecular weight excluding hydrogens is 251 g/mol. The van der Waals surface area contributed by atoms with Gasteiger partial charge in [-0.1, -0.05) is 6.07 Å². The third-order valence-corrected chi connectivity index (χ3v) is 3.13. The van der Waals surface area contributed by atoms with Gasteiger partial charge in [0, 0.05) is 23.7 Å². The highest BCUT2D eigenvalue weighted by Gasteiger charge is 2.34. The van der Waals surface area contributed by atoms with E-state index in [1.165, 1.54) is 12.4 Å². The molecule has 0 saturated carbocycles. The second kappa shape index (κ2) is 4.33. The molecule has 17 heavy (non-hydrogen) atoms. The summed E-state index contributed by atoms with van der Waals surface area (Å²) < 4.78 is 37.0. The number of nitrogens with zero attached hydrogens (tertiary/aromatic N) is 2. The summed E-state index contributed by atoms with van der Waals surface area (Å²) >= 11 is 0.624. The maximum absolute atomic E-state index is 12.3. The first-order valence-electron chi connectivity index (χ1n) is 4.68. The summed E-state index contributed by atoms with van der Waals surface area (Å²) in [5, 5.41) is -0.838. The van der Waals surface area contributed by atoms with Crippen LogP contribution in [0.1, 0.15) is 15.4 Å². The molecule has 3 nitrogen and oxygen atoms in total. The first kappa shape index (κ1) is 11.8. The number of thiazole rings is 1. The number of aromatic nitrogens is 2. The Morgan fingerprint density at radius 1 is 1.29 bits per heavy atom. The van der Waals surface area contributed by atoms with Crippen LogP contribution in [0.2, 0.25) is 0 Å². The number of nitrogen functional groups attached to an aromatic ring is 1. The molecule has 0 saturated heterocycles. The number of anilines is 1. The molecule has 0 bridgehead atoms. The Kier molecular flexibility index (Phi) is 3.01. The minimum atomic E-state index is -4.39. The summed E-state index contributed by atoms with van der Waals surface area (Å²) in [5.74, 6) is 0.328. The summed E-state index contributed by atoms with van der Waals surface area (Å²) in [5.41, 5.74) is 6.31. The van der Waals surface area contributed by atoms with Crippen LogP contribution in [0, 0.1) is 0 Å². The molecule has 90 valence electrons. The van der Waals surface area contributed by atoms with E-state index < -0.39 is 11.2 Å². The Balaban J connectivity index is 2.21.